The molecule has 0 aliphatic rings. The average Bonchev–Trinajstić information content (AvgIpc) is 2.77. The standard InChI is InChI=1S/C15H21N3S/c1-11-5-4-6-13(7-11)8-18(3)9-14-10-19-15(17-14)12(2)16/h4-7,10,12H,8-9,16H2,1-3H3. The van der Waals surface area contributed by atoms with Gasteiger partial charge < -0.3 is 5.73 Å². The molecule has 0 amide bonds. The zero-order chi connectivity index (χ0) is 13.8. The lowest BCUT2D eigenvalue weighted by Gasteiger charge is -2.15. The second kappa shape index (κ2) is 6.28. The van der Waals surface area contributed by atoms with Crippen LogP contribution in [0.15, 0.2) is 29.6 Å². The smallest absolute Gasteiger partial charge is 0.109 e. The Morgan fingerprint density at radius 2 is 2.16 bits per heavy atom. The van der Waals surface area contributed by atoms with Crippen molar-refractivity contribution in [3.8, 4) is 0 Å². The second-order valence-electron chi connectivity index (χ2n) is 5.13. The molecule has 0 aliphatic heterocycles. The Morgan fingerprint density at radius 3 is 2.79 bits per heavy atom. The van der Waals surface area contributed by atoms with Gasteiger partial charge in [0, 0.05) is 18.5 Å². The van der Waals surface area contributed by atoms with Gasteiger partial charge in [-0.3, -0.25) is 4.90 Å². The van der Waals surface area contributed by atoms with E-state index < -0.39 is 0 Å². The zero-order valence-corrected chi connectivity index (χ0v) is 12.6. The Labute approximate surface area is 119 Å². The Balaban J connectivity index is 1.95. The molecular formula is C15H21N3S. The molecule has 0 saturated carbocycles. The van der Waals surface area contributed by atoms with E-state index >= 15 is 0 Å². The van der Waals surface area contributed by atoms with Gasteiger partial charge in [-0.2, -0.15) is 0 Å². The highest BCUT2D eigenvalue weighted by Gasteiger charge is 2.08. The molecule has 2 rings (SSSR count). The molecule has 0 fully saturated rings. The van der Waals surface area contributed by atoms with Crippen LogP contribution in [0.2, 0.25) is 0 Å². The van der Waals surface area contributed by atoms with Crippen LogP contribution in [0.4, 0.5) is 0 Å². The van der Waals surface area contributed by atoms with Crippen molar-refractivity contribution >= 4 is 11.3 Å². The topological polar surface area (TPSA) is 42.1 Å². The van der Waals surface area contributed by atoms with Crippen molar-refractivity contribution in [2.75, 3.05) is 7.05 Å². The molecule has 0 aliphatic carbocycles. The first-order chi connectivity index (χ1) is 9.04. The van der Waals surface area contributed by atoms with Crippen LogP contribution in [0.25, 0.3) is 0 Å². The van der Waals surface area contributed by atoms with Gasteiger partial charge in [-0.25, -0.2) is 4.98 Å². The minimum absolute atomic E-state index is 0.0285. The molecule has 2 N–H and O–H groups in total. The van der Waals surface area contributed by atoms with E-state index in [1.54, 1.807) is 11.3 Å². The van der Waals surface area contributed by atoms with Gasteiger partial charge in [0.15, 0.2) is 0 Å². The summed E-state index contributed by atoms with van der Waals surface area (Å²) in [6, 6.07) is 8.65. The summed E-state index contributed by atoms with van der Waals surface area (Å²) in [6.45, 7) is 5.89. The molecule has 1 aromatic heterocycles. The summed E-state index contributed by atoms with van der Waals surface area (Å²) in [5.41, 5.74) is 9.58. The number of benzene rings is 1. The van der Waals surface area contributed by atoms with Crippen molar-refractivity contribution in [2.45, 2.75) is 33.0 Å². The van der Waals surface area contributed by atoms with E-state index in [4.69, 9.17) is 5.73 Å². The summed E-state index contributed by atoms with van der Waals surface area (Å²) in [4.78, 5) is 6.83. The third-order valence-electron chi connectivity index (χ3n) is 2.93. The van der Waals surface area contributed by atoms with E-state index in [1.165, 1.54) is 11.1 Å². The molecule has 1 atom stereocenters. The Kier molecular flexibility index (Phi) is 4.69. The largest absolute Gasteiger partial charge is 0.322 e. The number of nitrogens with two attached hydrogens (primary N) is 1. The van der Waals surface area contributed by atoms with Crippen molar-refractivity contribution in [1.82, 2.24) is 9.88 Å². The predicted octanol–water partition coefficient (Wildman–Crippen LogP) is 3.10. The van der Waals surface area contributed by atoms with E-state index in [0.29, 0.717) is 0 Å². The third kappa shape index (κ3) is 4.13. The molecule has 1 heterocycles. The number of aromatic nitrogens is 1. The average molecular weight is 275 g/mol. The highest BCUT2D eigenvalue weighted by Crippen LogP contribution is 2.17. The maximum Gasteiger partial charge on any atom is 0.109 e. The molecule has 1 aromatic carbocycles. The first-order valence-corrected chi connectivity index (χ1v) is 7.36. The fourth-order valence-corrected chi connectivity index (χ4v) is 2.83. The summed E-state index contributed by atoms with van der Waals surface area (Å²) in [6.07, 6.45) is 0. The first kappa shape index (κ1) is 14.2. The van der Waals surface area contributed by atoms with Gasteiger partial charge in [0.1, 0.15) is 5.01 Å². The van der Waals surface area contributed by atoms with E-state index in [9.17, 15) is 0 Å². The van der Waals surface area contributed by atoms with Crippen LogP contribution >= 0.6 is 11.3 Å². The number of nitrogens with zero attached hydrogens (tertiary/aromatic N) is 2. The lowest BCUT2D eigenvalue weighted by molar-refractivity contribution is 0.315. The predicted molar refractivity (Wildman–Crippen MR) is 81.1 cm³/mol. The van der Waals surface area contributed by atoms with Crippen LogP contribution in [0.1, 0.15) is 34.8 Å². The van der Waals surface area contributed by atoms with Crippen molar-refractivity contribution in [1.29, 1.82) is 0 Å². The molecule has 19 heavy (non-hydrogen) atoms. The minimum Gasteiger partial charge on any atom is -0.322 e. The number of aryl methyl sites for hydroxylation is 1. The van der Waals surface area contributed by atoms with Crippen molar-refractivity contribution < 1.29 is 0 Å². The Bertz CT molecular complexity index is 534. The molecule has 4 heteroatoms. The quantitative estimate of drug-likeness (QED) is 0.911. The number of hydrogen-bond acceptors (Lipinski definition) is 4. The molecular weight excluding hydrogens is 254 g/mol. The van der Waals surface area contributed by atoms with E-state index in [-0.39, 0.29) is 6.04 Å². The maximum absolute atomic E-state index is 5.83. The summed E-state index contributed by atoms with van der Waals surface area (Å²) >= 11 is 1.65. The van der Waals surface area contributed by atoms with Crippen LogP contribution in [-0.2, 0) is 13.1 Å². The summed E-state index contributed by atoms with van der Waals surface area (Å²) < 4.78 is 0. The van der Waals surface area contributed by atoms with Gasteiger partial charge in [0.05, 0.1) is 11.7 Å². The molecule has 0 bridgehead atoms. The van der Waals surface area contributed by atoms with Crippen LogP contribution in [0.5, 0.6) is 0 Å². The molecule has 0 spiro atoms. The monoisotopic (exact) mass is 275 g/mol. The molecule has 3 nitrogen and oxygen atoms in total. The fraction of sp³-hybridized carbons (Fsp3) is 0.400. The highest BCUT2D eigenvalue weighted by molar-refractivity contribution is 7.09. The highest BCUT2D eigenvalue weighted by atomic mass is 32.1. The van der Waals surface area contributed by atoms with Crippen molar-refractivity contribution in [3.05, 3.63) is 51.5 Å². The summed E-state index contributed by atoms with van der Waals surface area (Å²) in [5.74, 6) is 0. The van der Waals surface area contributed by atoms with Gasteiger partial charge in [-0.1, -0.05) is 29.8 Å². The lowest BCUT2D eigenvalue weighted by atomic mass is 10.1. The SMILES string of the molecule is Cc1cccc(CN(C)Cc2csc(C(C)N)n2)c1. The number of thiazole rings is 1. The lowest BCUT2D eigenvalue weighted by Crippen LogP contribution is -2.17. The Morgan fingerprint density at radius 1 is 1.37 bits per heavy atom. The molecule has 1 unspecified atom stereocenters. The van der Waals surface area contributed by atoms with Gasteiger partial charge in [0.25, 0.3) is 0 Å². The van der Waals surface area contributed by atoms with Gasteiger partial charge >= 0.3 is 0 Å². The molecule has 0 radical (unpaired) electrons. The number of rotatable bonds is 5. The van der Waals surface area contributed by atoms with Crippen LogP contribution in [-0.4, -0.2) is 16.9 Å². The van der Waals surface area contributed by atoms with Crippen molar-refractivity contribution in [3.63, 3.8) is 0 Å². The Hall–Kier alpha value is -1.23. The van der Waals surface area contributed by atoms with E-state index in [0.717, 1.165) is 23.8 Å². The molecule has 2 aromatic rings. The summed E-state index contributed by atoms with van der Waals surface area (Å²) in [5, 5.41) is 3.12. The van der Waals surface area contributed by atoms with Crippen LogP contribution < -0.4 is 5.73 Å². The van der Waals surface area contributed by atoms with E-state index in [1.807, 2.05) is 6.92 Å². The van der Waals surface area contributed by atoms with Gasteiger partial charge in [0.2, 0.25) is 0 Å². The number of hydrogen-bond donors (Lipinski definition) is 1. The van der Waals surface area contributed by atoms with Crippen LogP contribution in [0.3, 0.4) is 0 Å². The van der Waals surface area contributed by atoms with Gasteiger partial charge in [-0.15, -0.1) is 11.3 Å². The van der Waals surface area contributed by atoms with E-state index in [2.05, 4.69) is 53.5 Å². The maximum atomic E-state index is 5.83. The fourth-order valence-electron chi connectivity index (χ4n) is 2.06. The second-order valence-corrected chi connectivity index (χ2v) is 6.02. The van der Waals surface area contributed by atoms with Gasteiger partial charge in [-0.05, 0) is 26.5 Å². The molecule has 0 saturated heterocycles. The van der Waals surface area contributed by atoms with Crippen LogP contribution in [0, 0.1) is 6.92 Å². The molecule has 102 valence electrons. The normalized spacial score (nSPS) is 12.9. The third-order valence-corrected chi connectivity index (χ3v) is 4.02. The first-order valence-electron chi connectivity index (χ1n) is 6.48. The minimum atomic E-state index is 0.0285. The van der Waals surface area contributed by atoms with Crippen molar-refractivity contribution in [2.24, 2.45) is 5.73 Å². The summed E-state index contributed by atoms with van der Waals surface area (Å²) in [7, 11) is 2.12. The zero-order valence-electron chi connectivity index (χ0n) is 11.8.